The van der Waals surface area contributed by atoms with Gasteiger partial charge in [-0.1, -0.05) is 0 Å². The lowest BCUT2D eigenvalue weighted by Gasteiger charge is -2.19. The number of hydrogen-bond acceptors (Lipinski definition) is 5. The molecule has 0 bridgehead atoms. The summed E-state index contributed by atoms with van der Waals surface area (Å²) < 4.78 is 9.96. The van der Waals surface area contributed by atoms with E-state index >= 15 is 0 Å². The van der Waals surface area contributed by atoms with Gasteiger partial charge in [0.2, 0.25) is 0 Å². The number of aliphatic hydroxyl groups excluding tert-OH is 1. The van der Waals surface area contributed by atoms with Crippen LogP contribution < -0.4 is 5.32 Å². The van der Waals surface area contributed by atoms with E-state index in [1.165, 1.54) is 0 Å². The molecule has 0 spiro atoms. The van der Waals surface area contributed by atoms with Crippen molar-refractivity contribution in [3.05, 3.63) is 0 Å². The second-order valence-electron chi connectivity index (χ2n) is 4.98. The Labute approximate surface area is 103 Å². The second-order valence-corrected chi connectivity index (χ2v) is 4.98. The zero-order chi connectivity index (χ0) is 13.3. The smallest absolute Gasteiger partial charge is 0.307 e. The molecule has 0 aliphatic heterocycles. The van der Waals surface area contributed by atoms with Gasteiger partial charge in [-0.15, -0.1) is 0 Å². The first-order valence-electron chi connectivity index (χ1n) is 5.94. The molecule has 0 amide bonds. The lowest BCUT2D eigenvalue weighted by atomic mass is 10.2. The molecule has 1 unspecified atom stereocenters. The van der Waals surface area contributed by atoms with Crippen LogP contribution in [0.1, 0.15) is 33.6 Å². The van der Waals surface area contributed by atoms with Crippen molar-refractivity contribution in [1.29, 1.82) is 0 Å². The summed E-state index contributed by atoms with van der Waals surface area (Å²) in [6, 6.07) is 0. The van der Waals surface area contributed by atoms with E-state index in [0.29, 0.717) is 32.5 Å². The molecule has 0 aromatic heterocycles. The maximum absolute atomic E-state index is 11.3. The molecule has 0 fully saturated rings. The molecule has 0 aliphatic rings. The SMILES string of the molecule is COCC(O)CCNCCC(=O)OC(C)(C)C. The largest absolute Gasteiger partial charge is 0.460 e. The molecule has 0 rings (SSSR count). The van der Waals surface area contributed by atoms with Gasteiger partial charge in [0, 0.05) is 13.7 Å². The van der Waals surface area contributed by atoms with Crippen LogP contribution in [0.15, 0.2) is 0 Å². The molecule has 0 saturated carbocycles. The van der Waals surface area contributed by atoms with E-state index in [4.69, 9.17) is 9.47 Å². The molecule has 0 aliphatic carbocycles. The van der Waals surface area contributed by atoms with E-state index in [1.807, 2.05) is 20.8 Å². The summed E-state index contributed by atoms with van der Waals surface area (Å²) in [5.74, 6) is -0.206. The third-order valence-corrected chi connectivity index (χ3v) is 1.94. The normalized spacial score (nSPS) is 13.5. The lowest BCUT2D eigenvalue weighted by Crippen LogP contribution is -2.28. The van der Waals surface area contributed by atoms with Gasteiger partial charge in [-0.25, -0.2) is 0 Å². The zero-order valence-electron chi connectivity index (χ0n) is 11.3. The number of rotatable bonds is 8. The van der Waals surface area contributed by atoms with Crippen LogP contribution >= 0.6 is 0 Å². The summed E-state index contributed by atoms with van der Waals surface area (Å²) in [4.78, 5) is 11.3. The van der Waals surface area contributed by atoms with Gasteiger partial charge in [-0.3, -0.25) is 4.79 Å². The van der Waals surface area contributed by atoms with Crippen LogP contribution in [-0.4, -0.2) is 49.6 Å². The quantitative estimate of drug-likeness (QED) is 0.488. The highest BCUT2D eigenvalue weighted by molar-refractivity contribution is 5.70. The molecule has 102 valence electrons. The molecule has 0 saturated heterocycles. The van der Waals surface area contributed by atoms with Crippen molar-refractivity contribution >= 4 is 5.97 Å². The van der Waals surface area contributed by atoms with E-state index in [-0.39, 0.29) is 5.97 Å². The lowest BCUT2D eigenvalue weighted by molar-refractivity contribution is -0.154. The minimum absolute atomic E-state index is 0.206. The third kappa shape index (κ3) is 11.6. The van der Waals surface area contributed by atoms with Gasteiger partial charge >= 0.3 is 5.97 Å². The Balaban J connectivity index is 3.43. The predicted molar refractivity (Wildman–Crippen MR) is 65.8 cm³/mol. The van der Waals surface area contributed by atoms with Crippen molar-refractivity contribution in [2.75, 3.05) is 26.8 Å². The minimum Gasteiger partial charge on any atom is -0.460 e. The molecule has 2 N–H and O–H groups in total. The van der Waals surface area contributed by atoms with E-state index in [2.05, 4.69) is 5.32 Å². The molecular formula is C12H25NO4. The number of esters is 1. The summed E-state index contributed by atoms with van der Waals surface area (Å²) in [7, 11) is 1.55. The molecule has 5 nitrogen and oxygen atoms in total. The van der Waals surface area contributed by atoms with Gasteiger partial charge in [-0.2, -0.15) is 0 Å². The van der Waals surface area contributed by atoms with E-state index < -0.39 is 11.7 Å². The predicted octanol–water partition coefficient (Wildman–Crippen LogP) is 0.705. The molecule has 0 radical (unpaired) electrons. The van der Waals surface area contributed by atoms with E-state index in [9.17, 15) is 9.90 Å². The Bertz CT molecular complexity index is 213. The first-order valence-corrected chi connectivity index (χ1v) is 5.94. The molecule has 0 aromatic carbocycles. The van der Waals surface area contributed by atoms with Crippen molar-refractivity contribution < 1.29 is 19.4 Å². The summed E-state index contributed by atoms with van der Waals surface area (Å²) in [6.45, 7) is 7.11. The summed E-state index contributed by atoms with van der Waals surface area (Å²) in [5.41, 5.74) is -0.425. The van der Waals surface area contributed by atoms with Gasteiger partial charge < -0.3 is 19.9 Å². The van der Waals surface area contributed by atoms with Crippen molar-refractivity contribution in [2.24, 2.45) is 0 Å². The van der Waals surface area contributed by atoms with Gasteiger partial charge in [0.15, 0.2) is 0 Å². The standard InChI is InChI=1S/C12H25NO4/c1-12(2,3)17-11(15)6-8-13-7-5-10(14)9-16-4/h10,13-14H,5-9H2,1-4H3. The fourth-order valence-corrected chi connectivity index (χ4v) is 1.25. The minimum atomic E-state index is -0.450. The number of ether oxygens (including phenoxy) is 2. The Kier molecular flexibility index (Phi) is 8.12. The third-order valence-electron chi connectivity index (χ3n) is 1.94. The monoisotopic (exact) mass is 247 g/mol. The number of hydrogen-bond donors (Lipinski definition) is 2. The van der Waals surface area contributed by atoms with Crippen LogP contribution in [0, 0.1) is 0 Å². The highest BCUT2D eigenvalue weighted by atomic mass is 16.6. The number of carbonyl (C=O) groups excluding carboxylic acids is 1. The molecule has 0 heterocycles. The number of carbonyl (C=O) groups is 1. The number of methoxy groups -OCH3 is 1. The van der Waals surface area contributed by atoms with Gasteiger partial charge in [-0.05, 0) is 33.7 Å². The van der Waals surface area contributed by atoms with Crippen LogP contribution in [0.2, 0.25) is 0 Å². The van der Waals surface area contributed by atoms with Crippen molar-refractivity contribution in [3.63, 3.8) is 0 Å². The zero-order valence-corrected chi connectivity index (χ0v) is 11.3. The first-order chi connectivity index (χ1) is 7.85. The summed E-state index contributed by atoms with van der Waals surface area (Å²) >= 11 is 0. The van der Waals surface area contributed by atoms with Gasteiger partial charge in [0.25, 0.3) is 0 Å². The fraction of sp³-hybridized carbons (Fsp3) is 0.917. The van der Waals surface area contributed by atoms with Crippen molar-refractivity contribution in [3.8, 4) is 0 Å². The highest BCUT2D eigenvalue weighted by Crippen LogP contribution is 2.07. The Morgan fingerprint density at radius 1 is 1.35 bits per heavy atom. The van der Waals surface area contributed by atoms with Crippen LogP contribution in [0.25, 0.3) is 0 Å². The molecule has 0 aromatic rings. The second kappa shape index (κ2) is 8.44. The first kappa shape index (κ1) is 16.4. The van der Waals surface area contributed by atoms with Crippen LogP contribution in [-0.2, 0) is 14.3 Å². The fourth-order valence-electron chi connectivity index (χ4n) is 1.25. The Hall–Kier alpha value is -0.650. The molecule has 17 heavy (non-hydrogen) atoms. The van der Waals surface area contributed by atoms with Crippen LogP contribution in [0.5, 0.6) is 0 Å². The van der Waals surface area contributed by atoms with Crippen LogP contribution in [0.4, 0.5) is 0 Å². The van der Waals surface area contributed by atoms with Crippen molar-refractivity contribution in [2.45, 2.75) is 45.3 Å². The van der Waals surface area contributed by atoms with Crippen LogP contribution in [0.3, 0.4) is 0 Å². The van der Waals surface area contributed by atoms with E-state index in [1.54, 1.807) is 7.11 Å². The van der Waals surface area contributed by atoms with Gasteiger partial charge in [0.1, 0.15) is 5.60 Å². The summed E-state index contributed by atoms with van der Waals surface area (Å²) in [5, 5.41) is 12.4. The Morgan fingerprint density at radius 2 is 2.00 bits per heavy atom. The van der Waals surface area contributed by atoms with Crippen molar-refractivity contribution in [1.82, 2.24) is 5.32 Å². The summed E-state index contributed by atoms with van der Waals surface area (Å²) in [6.07, 6.45) is 0.508. The number of aliphatic hydroxyl groups is 1. The number of nitrogens with one attached hydrogen (secondary N) is 1. The average molecular weight is 247 g/mol. The Morgan fingerprint density at radius 3 is 2.53 bits per heavy atom. The maximum atomic E-state index is 11.3. The molecule has 5 heteroatoms. The maximum Gasteiger partial charge on any atom is 0.307 e. The molecule has 1 atom stereocenters. The van der Waals surface area contributed by atoms with E-state index in [0.717, 1.165) is 0 Å². The van der Waals surface area contributed by atoms with Gasteiger partial charge in [0.05, 0.1) is 19.1 Å². The highest BCUT2D eigenvalue weighted by Gasteiger charge is 2.15. The average Bonchev–Trinajstić information content (AvgIpc) is 2.14. The topological polar surface area (TPSA) is 67.8 Å². The molecular weight excluding hydrogens is 222 g/mol.